The molecule has 1 aromatic carbocycles. The van der Waals surface area contributed by atoms with Crippen LogP contribution in [0.3, 0.4) is 0 Å². The second-order valence-electron chi connectivity index (χ2n) is 4.26. The van der Waals surface area contributed by atoms with Gasteiger partial charge in [0.2, 0.25) is 0 Å². The molecule has 0 fully saturated rings. The Hall–Kier alpha value is -1.58. The van der Waals surface area contributed by atoms with Crippen LogP contribution in [0.1, 0.15) is 25.3 Å². The molecule has 0 spiro atoms. The highest BCUT2D eigenvalue weighted by molar-refractivity contribution is 9.10. The number of nitrogens with zero attached hydrogens (tertiary/aromatic N) is 1. The third-order valence-corrected chi connectivity index (χ3v) is 3.56. The third-order valence-electron chi connectivity index (χ3n) is 2.82. The zero-order chi connectivity index (χ0) is 15.0. The summed E-state index contributed by atoms with van der Waals surface area (Å²) < 4.78 is 6.00. The van der Waals surface area contributed by atoms with Gasteiger partial charge < -0.3 is 15.4 Å². The lowest BCUT2D eigenvalue weighted by Crippen LogP contribution is -2.37. The smallest absolute Gasteiger partial charge is 0.319 e. The van der Waals surface area contributed by atoms with Gasteiger partial charge in [-0.3, -0.25) is 0 Å². The molecule has 0 heterocycles. The minimum absolute atomic E-state index is 0.141. The minimum Gasteiger partial charge on any atom is -0.380 e. The number of halogens is 1. The van der Waals surface area contributed by atoms with E-state index in [4.69, 9.17) is 10.00 Å². The molecule has 2 amide bonds. The van der Waals surface area contributed by atoms with Crippen molar-refractivity contribution >= 4 is 27.6 Å². The van der Waals surface area contributed by atoms with Crippen LogP contribution in [0.25, 0.3) is 0 Å². The Bertz CT molecular complexity index is 500. The summed E-state index contributed by atoms with van der Waals surface area (Å²) in [7, 11) is 1.60. The molecule has 1 atom stereocenters. The van der Waals surface area contributed by atoms with Crippen LogP contribution in [0.5, 0.6) is 0 Å². The van der Waals surface area contributed by atoms with Crippen molar-refractivity contribution in [2.24, 2.45) is 0 Å². The molecule has 0 aromatic heterocycles. The molecule has 20 heavy (non-hydrogen) atoms. The molecule has 1 rings (SSSR count). The lowest BCUT2D eigenvalue weighted by atomic mass is 10.1. The molecule has 0 saturated heterocycles. The Morgan fingerprint density at radius 2 is 2.30 bits per heavy atom. The molecule has 0 unspecified atom stereocenters. The van der Waals surface area contributed by atoms with Gasteiger partial charge in [0, 0.05) is 28.9 Å². The summed E-state index contributed by atoms with van der Waals surface area (Å²) in [5, 5.41) is 14.2. The van der Waals surface area contributed by atoms with Crippen molar-refractivity contribution in [3.63, 3.8) is 0 Å². The first-order chi connectivity index (χ1) is 9.62. The highest BCUT2D eigenvalue weighted by Crippen LogP contribution is 2.25. The van der Waals surface area contributed by atoms with Crippen LogP contribution in [0.4, 0.5) is 10.5 Å². The van der Waals surface area contributed by atoms with E-state index >= 15 is 0 Å². The molecule has 108 valence electrons. The maximum atomic E-state index is 11.9. The first kappa shape index (κ1) is 16.5. The molecule has 1 aromatic rings. The van der Waals surface area contributed by atoms with Crippen molar-refractivity contribution < 1.29 is 9.53 Å². The Morgan fingerprint density at radius 3 is 2.90 bits per heavy atom. The van der Waals surface area contributed by atoms with Crippen molar-refractivity contribution in [3.05, 3.63) is 28.2 Å². The highest BCUT2D eigenvalue weighted by atomic mass is 79.9. The number of ether oxygens (including phenoxy) is 1. The molecule has 0 aliphatic heterocycles. The molecule has 0 aliphatic rings. The van der Waals surface area contributed by atoms with E-state index in [1.54, 1.807) is 7.11 Å². The van der Waals surface area contributed by atoms with E-state index < -0.39 is 0 Å². The van der Waals surface area contributed by atoms with Crippen LogP contribution < -0.4 is 10.6 Å². The van der Waals surface area contributed by atoms with Crippen molar-refractivity contribution in [3.8, 4) is 6.07 Å². The quantitative estimate of drug-likeness (QED) is 0.833. The fourth-order valence-electron chi connectivity index (χ4n) is 1.72. The summed E-state index contributed by atoms with van der Waals surface area (Å²) in [6, 6.07) is 7.14. The Morgan fingerprint density at radius 1 is 1.55 bits per heavy atom. The second kappa shape index (κ2) is 8.56. The molecular formula is C14H18BrN3O2. The van der Waals surface area contributed by atoms with Gasteiger partial charge in [-0.25, -0.2) is 4.79 Å². The molecular weight excluding hydrogens is 322 g/mol. The summed E-state index contributed by atoms with van der Waals surface area (Å²) >= 11 is 3.43. The van der Waals surface area contributed by atoms with E-state index in [0.29, 0.717) is 25.1 Å². The van der Waals surface area contributed by atoms with Crippen LogP contribution in [0, 0.1) is 11.3 Å². The third kappa shape index (κ3) is 4.83. The lowest BCUT2D eigenvalue weighted by Gasteiger charge is -2.16. The van der Waals surface area contributed by atoms with Crippen LogP contribution in [0.2, 0.25) is 0 Å². The number of carbonyl (C=O) groups is 1. The average Bonchev–Trinajstić information content (AvgIpc) is 2.42. The molecule has 5 nitrogen and oxygen atoms in total. The fraction of sp³-hybridized carbons (Fsp3) is 0.429. The van der Waals surface area contributed by atoms with Crippen LogP contribution in [-0.4, -0.2) is 19.2 Å². The Labute approximate surface area is 127 Å². The number of urea groups is 1. The van der Waals surface area contributed by atoms with Gasteiger partial charge in [-0.15, -0.1) is 0 Å². The molecule has 0 radical (unpaired) electrons. The van der Waals surface area contributed by atoms with E-state index in [2.05, 4.69) is 32.6 Å². The maximum Gasteiger partial charge on any atom is 0.319 e. The van der Waals surface area contributed by atoms with E-state index in [-0.39, 0.29) is 12.1 Å². The van der Waals surface area contributed by atoms with Gasteiger partial charge in [-0.1, -0.05) is 28.9 Å². The predicted molar refractivity (Wildman–Crippen MR) is 81.3 cm³/mol. The largest absolute Gasteiger partial charge is 0.380 e. The second-order valence-corrected chi connectivity index (χ2v) is 5.12. The zero-order valence-corrected chi connectivity index (χ0v) is 13.2. The number of hydrogen-bond acceptors (Lipinski definition) is 3. The van der Waals surface area contributed by atoms with E-state index in [0.717, 1.165) is 10.0 Å². The molecule has 0 saturated carbocycles. The SMILES string of the molecule is CC[C@H](CC#N)NC(=O)Nc1cccc(Br)c1COC. The Kier molecular flexibility index (Phi) is 7.05. The number of nitrogens with one attached hydrogen (secondary N) is 2. The highest BCUT2D eigenvalue weighted by Gasteiger charge is 2.13. The van der Waals surface area contributed by atoms with Gasteiger partial charge in [0.1, 0.15) is 0 Å². The summed E-state index contributed by atoms with van der Waals surface area (Å²) in [6.45, 7) is 2.32. The van der Waals surface area contributed by atoms with Crippen molar-refractivity contribution in [2.45, 2.75) is 32.4 Å². The number of rotatable bonds is 6. The summed E-state index contributed by atoms with van der Waals surface area (Å²) in [4.78, 5) is 11.9. The van der Waals surface area contributed by atoms with Gasteiger partial charge in [0.25, 0.3) is 0 Å². The number of carbonyl (C=O) groups excluding carboxylic acids is 1. The summed E-state index contributed by atoms with van der Waals surface area (Å²) in [6.07, 6.45) is 1.01. The summed E-state index contributed by atoms with van der Waals surface area (Å²) in [5.41, 5.74) is 1.56. The average molecular weight is 340 g/mol. The maximum absolute atomic E-state index is 11.9. The number of amides is 2. The van der Waals surface area contributed by atoms with E-state index in [9.17, 15) is 4.79 Å². The normalized spacial score (nSPS) is 11.5. The topological polar surface area (TPSA) is 74.2 Å². The number of anilines is 1. The number of benzene rings is 1. The first-order valence-corrected chi connectivity index (χ1v) is 7.12. The molecule has 6 heteroatoms. The van der Waals surface area contributed by atoms with Gasteiger partial charge >= 0.3 is 6.03 Å². The predicted octanol–water partition coefficient (Wildman–Crippen LogP) is 3.41. The Balaban J connectivity index is 2.75. The summed E-state index contributed by atoms with van der Waals surface area (Å²) in [5.74, 6) is 0. The lowest BCUT2D eigenvalue weighted by molar-refractivity contribution is 0.185. The van der Waals surface area contributed by atoms with Gasteiger partial charge in [0.15, 0.2) is 0 Å². The minimum atomic E-state index is -0.317. The van der Waals surface area contributed by atoms with Gasteiger partial charge in [-0.05, 0) is 18.6 Å². The standard InChI is InChI=1S/C14H18BrN3O2/c1-3-10(7-8-16)17-14(19)18-13-6-4-5-12(15)11(13)9-20-2/h4-6,10H,3,7,9H2,1-2H3,(H2,17,18,19)/t10-/m1/s1. The first-order valence-electron chi connectivity index (χ1n) is 6.33. The van der Waals surface area contributed by atoms with Gasteiger partial charge in [0.05, 0.1) is 19.1 Å². The van der Waals surface area contributed by atoms with Crippen LogP contribution in [0.15, 0.2) is 22.7 Å². The van der Waals surface area contributed by atoms with Crippen molar-refractivity contribution in [1.82, 2.24) is 5.32 Å². The molecule has 0 bridgehead atoms. The van der Waals surface area contributed by atoms with Crippen LogP contribution in [-0.2, 0) is 11.3 Å². The number of methoxy groups -OCH3 is 1. The fourth-order valence-corrected chi connectivity index (χ4v) is 2.20. The number of nitriles is 1. The number of hydrogen-bond donors (Lipinski definition) is 2. The van der Waals surface area contributed by atoms with Crippen molar-refractivity contribution in [2.75, 3.05) is 12.4 Å². The van der Waals surface area contributed by atoms with Crippen molar-refractivity contribution in [1.29, 1.82) is 5.26 Å². The van der Waals surface area contributed by atoms with E-state index in [1.165, 1.54) is 0 Å². The monoisotopic (exact) mass is 339 g/mol. The molecule has 0 aliphatic carbocycles. The van der Waals surface area contributed by atoms with Crippen LogP contribution >= 0.6 is 15.9 Å². The zero-order valence-electron chi connectivity index (χ0n) is 11.6. The van der Waals surface area contributed by atoms with E-state index in [1.807, 2.05) is 25.1 Å². The molecule has 2 N–H and O–H groups in total. The van der Waals surface area contributed by atoms with Gasteiger partial charge in [-0.2, -0.15) is 5.26 Å².